The molecule has 0 aliphatic carbocycles. The predicted octanol–water partition coefficient (Wildman–Crippen LogP) is 2.71. The molecule has 21 heavy (non-hydrogen) atoms. The first-order chi connectivity index (χ1) is 10.1. The van der Waals surface area contributed by atoms with Crippen LogP contribution in [0.25, 0.3) is 0 Å². The van der Waals surface area contributed by atoms with Gasteiger partial charge in [-0.25, -0.2) is 0 Å². The lowest BCUT2D eigenvalue weighted by Crippen LogP contribution is -2.29. The van der Waals surface area contributed by atoms with Gasteiger partial charge in [-0.15, -0.1) is 0 Å². The van der Waals surface area contributed by atoms with Gasteiger partial charge in [0.05, 0.1) is 32.5 Å². The van der Waals surface area contributed by atoms with Crippen molar-refractivity contribution in [2.24, 2.45) is 0 Å². The summed E-state index contributed by atoms with van der Waals surface area (Å²) >= 11 is 0. The normalized spacial score (nSPS) is 12.8. The van der Waals surface area contributed by atoms with Gasteiger partial charge < -0.3 is 19.5 Å². The van der Waals surface area contributed by atoms with Crippen molar-refractivity contribution in [3.05, 3.63) is 35.4 Å². The summed E-state index contributed by atoms with van der Waals surface area (Å²) in [6.45, 7) is 9.59. The van der Waals surface area contributed by atoms with Gasteiger partial charge in [0, 0.05) is 19.7 Å². The van der Waals surface area contributed by atoms with Crippen LogP contribution in [-0.2, 0) is 14.2 Å². The molecular weight excluding hydrogens is 266 g/mol. The molecule has 1 aromatic rings. The molecule has 120 valence electrons. The second-order valence-corrected chi connectivity index (χ2v) is 5.44. The van der Waals surface area contributed by atoms with Crippen LogP contribution in [0.3, 0.4) is 0 Å². The zero-order valence-corrected chi connectivity index (χ0v) is 13.7. The van der Waals surface area contributed by atoms with E-state index in [0.717, 1.165) is 6.54 Å². The number of benzene rings is 1. The first-order valence-electron chi connectivity index (χ1n) is 7.61. The minimum absolute atomic E-state index is 0.0540. The Bertz CT molecular complexity index is 382. The first-order valence-corrected chi connectivity index (χ1v) is 7.61. The lowest BCUT2D eigenvalue weighted by Gasteiger charge is -2.21. The summed E-state index contributed by atoms with van der Waals surface area (Å²) < 4.78 is 16.4. The molecule has 1 atom stereocenters. The lowest BCUT2D eigenvalue weighted by molar-refractivity contribution is -0.00739. The van der Waals surface area contributed by atoms with Crippen LogP contribution in [0.15, 0.2) is 24.3 Å². The maximum atomic E-state index is 5.99. The third-order valence-corrected chi connectivity index (χ3v) is 3.10. The lowest BCUT2D eigenvalue weighted by atomic mass is 10.1. The number of hydrogen-bond acceptors (Lipinski definition) is 4. The van der Waals surface area contributed by atoms with E-state index in [0.29, 0.717) is 32.5 Å². The highest BCUT2D eigenvalue weighted by molar-refractivity contribution is 5.24. The van der Waals surface area contributed by atoms with Crippen molar-refractivity contribution >= 4 is 0 Å². The van der Waals surface area contributed by atoms with Crippen LogP contribution in [0, 0.1) is 6.92 Å². The Balaban J connectivity index is 2.45. The fourth-order valence-electron chi connectivity index (χ4n) is 1.98. The number of rotatable bonds is 11. The maximum Gasteiger partial charge on any atom is 0.0950 e. The Morgan fingerprint density at radius 2 is 1.86 bits per heavy atom. The van der Waals surface area contributed by atoms with Crippen LogP contribution >= 0.6 is 0 Å². The molecule has 4 nitrogen and oxygen atoms in total. The molecule has 1 rings (SSSR count). The van der Waals surface area contributed by atoms with Gasteiger partial charge in [0.2, 0.25) is 0 Å². The third-order valence-electron chi connectivity index (χ3n) is 3.10. The molecule has 0 saturated carbocycles. The number of methoxy groups -OCH3 is 1. The minimum atomic E-state index is 0.0540. The van der Waals surface area contributed by atoms with E-state index >= 15 is 0 Å². The number of hydrogen-bond donors (Lipinski definition) is 1. The van der Waals surface area contributed by atoms with Crippen molar-refractivity contribution in [2.75, 3.05) is 40.1 Å². The molecule has 0 fully saturated rings. The van der Waals surface area contributed by atoms with Crippen LogP contribution in [-0.4, -0.2) is 46.1 Å². The molecule has 0 aromatic heterocycles. The quantitative estimate of drug-likeness (QED) is 0.637. The van der Waals surface area contributed by atoms with Crippen molar-refractivity contribution in [1.82, 2.24) is 5.32 Å². The van der Waals surface area contributed by atoms with Gasteiger partial charge in [-0.1, -0.05) is 43.7 Å². The Hall–Kier alpha value is -0.940. The van der Waals surface area contributed by atoms with E-state index in [-0.39, 0.29) is 6.10 Å². The van der Waals surface area contributed by atoms with Crippen LogP contribution in [0.4, 0.5) is 0 Å². The highest BCUT2D eigenvalue weighted by atomic mass is 16.5. The molecule has 0 aliphatic heterocycles. The van der Waals surface area contributed by atoms with Crippen molar-refractivity contribution in [1.29, 1.82) is 0 Å². The average Bonchev–Trinajstić information content (AvgIpc) is 2.45. The zero-order valence-electron chi connectivity index (χ0n) is 13.7. The summed E-state index contributed by atoms with van der Waals surface area (Å²) in [5.41, 5.74) is 2.46. The third kappa shape index (κ3) is 8.17. The van der Waals surface area contributed by atoms with Gasteiger partial charge in [0.25, 0.3) is 0 Å². The van der Waals surface area contributed by atoms with Gasteiger partial charge in [0.15, 0.2) is 0 Å². The van der Waals surface area contributed by atoms with Gasteiger partial charge in [-0.05, 0) is 12.5 Å². The largest absolute Gasteiger partial charge is 0.382 e. The Morgan fingerprint density at radius 3 is 2.52 bits per heavy atom. The molecule has 1 N–H and O–H groups in total. The van der Waals surface area contributed by atoms with E-state index in [2.05, 4.69) is 50.4 Å². The molecule has 1 aromatic carbocycles. The summed E-state index contributed by atoms with van der Waals surface area (Å²) in [6.07, 6.45) is 0.0540. The van der Waals surface area contributed by atoms with Crippen molar-refractivity contribution in [3.8, 4) is 0 Å². The van der Waals surface area contributed by atoms with Gasteiger partial charge in [-0.3, -0.25) is 0 Å². The second-order valence-electron chi connectivity index (χ2n) is 5.44. The van der Waals surface area contributed by atoms with Gasteiger partial charge in [-0.2, -0.15) is 0 Å². The summed E-state index contributed by atoms with van der Waals surface area (Å²) in [4.78, 5) is 0. The fourth-order valence-corrected chi connectivity index (χ4v) is 1.98. The summed E-state index contributed by atoms with van der Waals surface area (Å²) in [5.74, 6) is 0. The highest BCUT2D eigenvalue weighted by Gasteiger charge is 2.12. The van der Waals surface area contributed by atoms with Crippen molar-refractivity contribution < 1.29 is 14.2 Å². The number of ether oxygens (including phenoxy) is 3. The molecule has 0 spiro atoms. The molecular formula is C17H29NO3. The number of aryl methyl sites for hydroxylation is 1. The molecule has 0 saturated heterocycles. The van der Waals surface area contributed by atoms with Crippen molar-refractivity contribution in [2.45, 2.75) is 32.9 Å². The van der Waals surface area contributed by atoms with E-state index in [1.165, 1.54) is 11.1 Å². The van der Waals surface area contributed by atoms with E-state index in [1.807, 2.05) is 0 Å². The fraction of sp³-hybridized carbons (Fsp3) is 0.647. The van der Waals surface area contributed by atoms with E-state index in [9.17, 15) is 0 Å². The molecule has 0 aliphatic rings. The molecule has 0 bridgehead atoms. The van der Waals surface area contributed by atoms with Crippen molar-refractivity contribution in [3.63, 3.8) is 0 Å². The minimum Gasteiger partial charge on any atom is -0.382 e. The molecule has 4 heteroatoms. The van der Waals surface area contributed by atoms with Crippen LogP contribution < -0.4 is 5.32 Å². The topological polar surface area (TPSA) is 39.7 Å². The Morgan fingerprint density at radius 1 is 1.10 bits per heavy atom. The standard InChI is InChI=1S/C17H29NO3/c1-14(2)18-13-17(16-7-5-6-15(3)12-16)21-11-10-20-9-8-19-4/h5-7,12,14,17-18H,8-11,13H2,1-4H3. The summed E-state index contributed by atoms with van der Waals surface area (Å²) in [5, 5.41) is 3.44. The van der Waals surface area contributed by atoms with E-state index in [4.69, 9.17) is 14.2 Å². The van der Waals surface area contributed by atoms with Gasteiger partial charge >= 0.3 is 0 Å². The van der Waals surface area contributed by atoms with Gasteiger partial charge in [0.1, 0.15) is 0 Å². The SMILES string of the molecule is COCCOCCOC(CNC(C)C)c1cccc(C)c1. The van der Waals surface area contributed by atoms with E-state index < -0.39 is 0 Å². The smallest absolute Gasteiger partial charge is 0.0950 e. The predicted molar refractivity (Wildman–Crippen MR) is 85.7 cm³/mol. The second kappa shape index (κ2) is 10.7. The highest BCUT2D eigenvalue weighted by Crippen LogP contribution is 2.18. The first kappa shape index (κ1) is 18.1. The Kier molecular flexibility index (Phi) is 9.26. The number of nitrogens with one attached hydrogen (secondary N) is 1. The monoisotopic (exact) mass is 295 g/mol. The molecule has 0 radical (unpaired) electrons. The average molecular weight is 295 g/mol. The summed E-state index contributed by atoms with van der Waals surface area (Å²) in [6, 6.07) is 8.92. The maximum absolute atomic E-state index is 5.99. The molecule has 1 unspecified atom stereocenters. The zero-order chi connectivity index (χ0) is 15.5. The summed E-state index contributed by atoms with van der Waals surface area (Å²) in [7, 11) is 1.67. The van der Waals surface area contributed by atoms with Crippen LogP contribution in [0.2, 0.25) is 0 Å². The Labute approximate surface area is 128 Å². The van der Waals surface area contributed by atoms with E-state index in [1.54, 1.807) is 7.11 Å². The molecule has 0 heterocycles. The van der Waals surface area contributed by atoms with Crippen LogP contribution in [0.1, 0.15) is 31.1 Å². The van der Waals surface area contributed by atoms with Crippen LogP contribution in [0.5, 0.6) is 0 Å². The molecule has 0 amide bonds.